The van der Waals surface area contributed by atoms with E-state index in [9.17, 15) is 9.18 Å². The van der Waals surface area contributed by atoms with Gasteiger partial charge in [-0.3, -0.25) is 4.79 Å². The van der Waals surface area contributed by atoms with Crippen LogP contribution in [-0.4, -0.2) is 15.9 Å². The number of hydrogen-bond donors (Lipinski definition) is 1. The number of aromatic nitrogens is 2. The Morgan fingerprint density at radius 1 is 1.16 bits per heavy atom. The monoisotopic (exact) mass is 339 g/mol. The molecule has 0 aliphatic heterocycles. The van der Waals surface area contributed by atoms with Crippen LogP contribution in [0.5, 0.6) is 0 Å². The smallest absolute Gasteiger partial charge is 0.222 e. The third-order valence-corrected chi connectivity index (χ3v) is 5.23. The van der Waals surface area contributed by atoms with Crippen LogP contribution < -0.4 is 5.32 Å². The Morgan fingerprint density at radius 2 is 1.96 bits per heavy atom. The summed E-state index contributed by atoms with van der Waals surface area (Å²) in [6.07, 6.45) is 7.25. The lowest BCUT2D eigenvalue weighted by molar-refractivity contribution is -0.114. The van der Waals surface area contributed by atoms with Crippen molar-refractivity contribution in [3.63, 3.8) is 0 Å². The predicted octanol–water partition coefficient (Wildman–Crippen LogP) is 4.39. The number of halogens is 1. The highest BCUT2D eigenvalue weighted by Crippen LogP contribution is 2.39. The SMILES string of the molecule is CC(=O)Nc1nc2c(nc1C1CCCCC1)-c1ccc(F)cc1CC2. The fraction of sp³-hybridized carbons (Fsp3) is 0.450. The van der Waals surface area contributed by atoms with Crippen LogP contribution in [0.1, 0.15) is 61.9 Å². The largest absolute Gasteiger partial charge is 0.309 e. The Hall–Kier alpha value is -2.30. The van der Waals surface area contributed by atoms with Crippen LogP contribution in [0.15, 0.2) is 18.2 Å². The molecule has 4 nitrogen and oxygen atoms in total. The number of amides is 1. The summed E-state index contributed by atoms with van der Waals surface area (Å²) in [5.41, 5.74) is 4.61. The molecular weight excluding hydrogens is 317 g/mol. The molecule has 25 heavy (non-hydrogen) atoms. The van der Waals surface area contributed by atoms with Crippen LogP contribution in [-0.2, 0) is 17.6 Å². The number of rotatable bonds is 2. The molecule has 4 rings (SSSR count). The summed E-state index contributed by atoms with van der Waals surface area (Å²) in [4.78, 5) is 21.4. The number of hydrogen-bond acceptors (Lipinski definition) is 3. The van der Waals surface area contributed by atoms with Gasteiger partial charge in [-0.05, 0) is 49.4 Å². The molecule has 0 radical (unpaired) electrons. The van der Waals surface area contributed by atoms with Gasteiger partial charge >= 0.3 is 0 Å². The lowest BCUT2D eigenvalue weighted by Crippen LogP contribution is -2.19. The first kappa shape index (κ1) is 16.2. The van der Waals surface area contributed by atoms with E-state index in [2.05, 4.69) is 5.32 Å². The molecule has 1 heterocycles. The van der Waals surface area contributed by atoms with Crippen LogP contribution >= 0.6 is 0 Å². The normalized spacial score (nSPS) is 16.9. The van der Waals surface area contributed by atoms with Gasteiger partial charge in [0.2, 0.25) is 5.91 Å². The molecule has 1 aromatic heterocycles. The van der Waals surface area contributed by atoms with Gasteiger partial charge in [0.25, 0.3) is 0 Å². The average molecular weight is 339 g/mol. The van der Waals surface area contributed by atoms with Crippen molar-refractivity contribution in [3.8, 4) is 11.3 Å². The van der Waals surface area contributed by atoms with Gasteiger partial charge in [0.15, 0.2) is 5.82 Å². The van der Waals surface area contributed by atoms with Crippen molar-refractivity contribution >= 4 is 11.7 Å². The quantitative estimate of drug-likeness (QED) is 0.883. The molecule has 130 valence electrons. The number of benzene rings is 1. The average Bonchev–Trinajstić information content (AvgIpc) is 2.61. The Morgan fingerprint density at radius 3 is 2.72 bits per heavy atom. The molecule has 0 saturated heterocycles. The Bertz CT molecular complexity index is 828. The fourth-order valence-electron chi connectivity index (χ4n) is 4.05. The van der Waals surface area contributed by atoms with E-state index >= 15 is 0 Å². The Balaban J connectivity index is 1.83. The van der Waals surface area contributed by atoms with Gasteiger partial charge in [-0.2, -0.15) is 0 Å². The zero-order valence-electron chi connectivity index (χ0n) is 14.4. The number of nitrogens with one attached hydrogen (secondary N) is 1. The highest BCUT2D eigenvalue weighted by atomic mass is 19.1. The second-order valence-electron chi connectivity index (χ2n) is 7.07. The second-order valence-corrected chi connectivity index (χ2v) is 7.07. The summed E-state index contributed by atoms with van der Waals surface area (Å²) >= 11 is 0. The first-order valence-electron chi connectivity index (χ1n) is 9.09. The molecule has 0 unspecified atom stereocenters. The highest BCUT2D eigenvalue weighted by molar-refractivity contribution is 5.88. The number of nitrogens with zero attached hydrogens (tertiary/aromatic N) is 2. The summed E-state index contributed by atoms with van der Waals surface area (Å²) < 4.78 is 13.6. The minimum atomic E-state index is -0.211. The van der Waals surface area contributed by atoms with E-state index in [0.29, 0.717) is 11.7 Å². The van der Waals surface area contributed by atoms with E-state index in [1.807, 2.05) is 0 Å². The fourth-order valence-corrected chi connectivity index (χ4v) is 4.05. The van der Waals surface area contributed by atoms with Crippen molar-refractivity contribution in [2.45, 2.75) is 57.8 Å². The Kier molecular flexibility index (Phi) is 4.24. The second kappa shape index (κ2) is 6.54. The van der Waals surface area contributed by atoms with E-state index in [1.165, 1.54) is 32.3 Å². The van der Waals surface area contributed by atoms with Gasteiger partial charge < -0.3 is 5.32 Å². The van der Waals surface area contributed by atoms with Crippen molar-refractivity contribution in [3.05, 3.63) is 41.0 Å². The van der Waals surface area contributed by atoms with Crippen LogP contribution in [0, 0.1) is 5.82 Å². The third-order valence-electron chi connectivity index (χ3n) is 5.23. The molecule has 0 bridgehead atoms. The van der Waals surface area contributed by atoms with E-state index in [4.69, 9.17) is 9.97 Å². The van der Waals surface area contributed by atoms with Crippen LogP contribution in [0.3, 0.4) is 0 Å². The topological polar surface area (TPSA) is 54.9 Å². The molecular formula is C20H22FN3O. The molecule has 1 fully saturated rings. The summed E-state index contributed by atoms with van der Waals surface area (Å²) in [5.74, 6) is 0.616. The third kappa shape index (κ3) is 3.15. The first-order valence-corrected chi connectivity index (χ1v) is 9.09. The molecule has 1 aromatic carbocycles. The zero-order valence-corrected chi connectivity index (χ0v) is 14.4. The van der Waals surface area contributed by atoms with Crippen molar-refractivity contribution in [2.24, 2.45) is 0 Å². The van der Waals surface area contributed by atoms with Crippen molar-refractivity contribution < 1.29 is 9.18 Å². The minimum Gasteiger partial charge on any atom is -0.309 e. The Labute approximate surface area is 146 Å². The number of carbonyl (C=O) groups excluding carboxylic acids is 1. The first-order chi connectivity index (χ1) is 12.1. The number of fused-ring (bicyclic) bond motifs is 3. The zero-order chi connectivity index (χ0) is 17.4. The van der Waals surface area contributed by atoms with E-state index in [-0.39, 0.29) is 11.7 Å². The van der Waals surface area contributed by atoms with Gasteiger partial charge in [0.05, 0.1) is 17.1 Å². The standard InChI is InChI=1S/C20H22FN3O/c1-12(25)22-20-18(13-5-3-2-4-6-13)24-19-16-9-8-15(21)11-14(16)7-10-17(19)23-20/h8-9,11,13H,2-7,10H2,1H3,(H,22,23,25). The van der Waals surface area contributed by atoms with E-state index in [0.717, 1.165) is 53.9 Å². The predicted molar refractivity (Wildman–Crippen MR) is 95.0 cm³/mol. The molecule has 5 heteroatoms. The van der Waals surface area contributed by atoms with Gasteiger partial charge in [0.1, 0.15) is 5.82 Å². The van der Waals surface area contributed by atoms with Crippen molar-refractivity contribution in [1.82, 2.24) is 9.97 Å². The van der Waals surface area contributed by atoms with E-state index < -0.39 is 0 Å². The van der Waals surface area contributed by atoms with Gasteiger partial charge in [0, 0.05) is 18.4 Å². The molecule has 2 aromatic rings. The molecule has 2 aliphatic rings. The lowest BCUT2D eigenvalue weighted by atomic mass is 9.85. The molecule has 0 spiro atoms. The summed E-state index contributed by atoms with van der Waals surface area (Å²) in [6, 6.07) is 4.89. The molecule has 1 amide bonds. The van der Waals surface area contributed by atoms with Crippen molar-refractivity contribution in [2.75, 3.05) is 5.32 Å². The van der Waals surface area contributed by atoms with Crippen LogP contribution in [0.25, 0.3) is 11.3 Å². The minimum absolute atomic E-state index is 0.121. The van der Waals surface area contributed by atoms with Gasteiger partial charge in [-0.25, -0.2) is 14.4 Å². The molecule has 1 N–H and O–H groups in total. The lowest BCUT2D eigenvalue weighted by Gasteiger charge is -2.26. The van der Waals surface area contributed by atoms with Gasteiger partial charge in [-0.15, -0.1) is 0 Å². The van der Waals surface area contributed by atoms with E-state index in [1.54, 1.807) is 12.1 Å². The summed E-state index contributed by atoms with van der Waals surface area (Å²) in [7, 11) is 0. The van der Waals surface area contributed by atoms with Crippen LogP contribution in [0.4, 0.5) is 10.2 Å². The van der Waals surface area contributed by atoms with Gasteiger partial charge in [-0.1, -0.05) is 19.3 Å². The maximum absolute atomic E-state index is 13.6. The maximum atomic E-state index is 13.6. The molecule has 0 atom stereocenters. The number of aryl methyl sites for hydroxylation is 2. The molecule has 1 saturated carbocycles. The number of anilines is 1. The summed E-state index contributed by atoms with van der Waals surface area (Å²) in [5, 5.41) is 2.88. The highest BCUT2D eigenvalue weighted by Gasteiger charge is 2.26. The number of carbonyl (C=O) groups is 1. The van der Waals surface area contributed by atoms with Crippen LogP contribution in [0.2, 0.25) is 0 Å². The summed E-state index contributed by atoms with van der Waals surface area (Å²) in [6.45, 7) is 1.50. The molecule has 2 aliphatic carbocycles. The van der Waals surface area contributed by atoms with Crippen molar-refractivity contribution in [1.29, 1.82) is 0 Å². The maximum Gasteiger partial charge on any atom is 0.222 e.